The standard InChI is InChI=1S/C20H25O4P/c21-25(24-20-14-8-3-9-15-20,22-16-18-10-4-1-5-11-18)23-17-19-12-6-2-7-13-19/h1-2,4-7,10-13,20H,3,8-9,14-17H2. The van der Waals surface area contributed by atoms with Gasteiger partial charge >= 0.3 is 7.82 Å². The molecule has 1 saturated carbocycles. The van der Waals surface area contributed by atoms with Crippen LogP contribution in [0, 0.1) is 0 Å². The second kappa shape index (κ2) is 9.30. The fourth-order valence-electron chi connectivity index (χ4n) is 2.91. The van der Waals surface area contributed by atoms with Gasteiger partial charge in [0, 0.05) is 0 Å². The smallest absolute Gasteiger partial charge is 0.284 e. The van der Waals surface area contributed by atoms with Gasteiger partial charge in [-0.15, -0.1) is 0 Å². The van der Waals surface area contributed by atoms with E-state index in [1.807, 2.05) is 60.7 Å². The van der Waals surface area contributed by atoms with Gasteiger partial charge in [-0.25, -0.2) is 4.57 Å². The van der Waals surface area contributed by atoms with E-state index in [-0.39, 0.29) is 19.3 Å². The Morgan fingerprint density at radius 2 is 1.24 bits per heavy atom. The van der Waals surface area contributed by atoms with E-state index in [1.165, 1.54) is 6.42 Å². The van der Waals surface area contributed by atoms with Gasteiger partial charge in [-0.1, -0.05) is 79.9 Å². The van der Waals surface area contributed by atoms with Crippen LogP contribution in [0.2, 0.25) is 0 Å². The van der Waals surface area contributed by atoms with E-state index < -0.39 is 7.82 Å². The predicted molar refractivity (Wildman–Crippen MR) is 98.0 cm³/mol. The summed E-state index contributed by atoms with van der Waals surface area (Å²) in [7, 11) is -3.62. The molecule has 0 saturated heterocycles. The van der Waals surface area contributed by atoms with Crippen LogP contribution in [0.25, 0.3) is 0 Å². The average Bonchev–Trinajstić information content (AvgIpc) is 2.68. The van der Waals surface area contributed by atoms with Gasteiger partial charge < -0.3 is 0 Å². The van der Waals surface area contributed by atoms with Crippen molar-refractivity contribution in [1.29, 1.82) is 0 Å². The highest BCUT2D eigenvalue weighted by atomic mass is 31.2. The van der Waals surface area contributed by atoms with Crippen LogP contribution in [0.5, 0.6) is 0 Å². The third-order valence-corrected chi connectivity index (χ3v) is 5.74. The van der Waals surface area contributed by atoms with E-state index in [0.717, 1.165) is 36.8 Å². The van der Waals surface area contributed by atoms with Crippen molar-refractivity contribution >= 4 is 7.82 Å². The van der Waals surface area contributed by atoms with E-state index in [1.54, 1.807) is 0 Å². The van der Waals surface area contributed by atoms with Crippen molar-refractivity contribution in [3.8, 4) is 0 Å². The molecule has 0 aromatic heterocycles. The first-order chi connectivity index (χ1) is 12.2. The quantitative estimate of drug-likeness (QED) is 0.552. The Balaban J connectivity index is 1.64. The van der Waals surface area contributed by atoms with E-state index in [4.69, 9.17) is 13.6 Å². The first kappa shape index (κ1) is 18.3. The molecule has 0 unspecified atom stereocenters. The SMILES string of the molecule is O=P(OCc1ccccc1)(OCc1ccccc1)OC1CCCCC1. The topological polar surface area (TPSA) is 44.8 Å². The molecule has 4 nitrogen and oxygen atoms in total. The molecule has 3 rings (SSSR count). The third kappa shape index (κ3) is 6.09. The van der Waals surface area contributed by atoms with Crippen molar-refractivity contribution in [2.75, 3.05) is 0 Å². The molecule has 0 aliphatic heterocycles. The maximum atomic E-state index is 13.2. The van der Waals surface area contributed by atoms with Crippen molar-refractivity contribution in [3.63, 3.8) is 0 Å². The van der Waals surface area contributed by atoms with Crippen molar-refractivity contribution in [2.24, 2.45) is 0 Å². The zero-order chi connectivity index (χ0) is 17.4. The molecule has 1 aliphatic carbocycles. The van der Waals surface area contributed by atoms with Gasteiger partial charge in [0.15, 0.2) is 0 Å². The lowest BCUT2D eigenvalue weighted by Gasteiger charge is -2.26. The Hall–Kier alpha value is -1.45. The lowest BCUT2D eigenvalue weighted by molar-refractivity contribution is 0.0548. The monoisotopic (exact) mass is 360 g/mol. The number of phosphoric ester groups is 1. The van der Waals surface area contributed by atoms with E-state index in [2.05, 4.69) is 0 Å². The number of rotatable bonds is 8. The molecule has 0 atom stereocenters. The van der Waals surface area contributed by atoms with Gasteiger partial charge in [-0.2, -0.15) is 0 Å². The van der Waals surface area contributed by atoms with E-state index in [0.29, 0.717) is 0 Å². The molecular formula is C20H25O4P. The molecule has 0 radical (unpaired) electrons. The van der Waals surface area contributed by atoms with Crippen molar-refractivity contribution in [1.82, 2.24) is 0 Å². The second-order valence-corrected chi connectivity index (χ2v) is 7.95. The zero-order valence-electron chi connectivity index (χ0n) is 14.4. The van der Waals surface area contributed by atoms with Gasteiger partial charge in [-0.3, -0.25) is 13.6 Å². The number of phosphoric acid groups is 1. The van der Waals surface area contributed by atoms with Crippen LogP contribution in [-0.4, -0.2) is 6.10 Å². The molecule has 0 N–H and O–H groups in total. The van der Waals surface area contributed by atoms with Gasteiger partial charge in [0.05, 0.1) is 19.3 Å². The van der Waals surface area contributed by atoms with Crippen molar-refractivity contribution < 1.29 is 18.1 Å². The minimum Gasteiger partial charge on any atom is -0.284 e. The minimum absolute atomic E-state index is 0.0499. The summed E-state index contributed by atoms with van der Waals surface area (Å²) in [5, 5.41) is 0. The van der Waals surface area contributed by atoms with Crippen LogP contribution >= 0.6 is 7.82 Å². The summed E-state index contributed by atoms with van der Waals surface area (Å²) in [6.45, 7) is 0.416. The zero-order valence-corrected chi connectivity index (χ0v) is 15.3. The Morgan fingerprint density at radius 3 is 1.72 bits per heavy atom. The van der Waals surface area contributed by atoms with E-state index in [9.17, 15) is 4.57 Å². The summed E-state index contributed by atoms with van der Waals surface area (Å²) >= 11 is 0. The third-order valence-electron chi connectivity index (χ3n) is 4.29. The lowest BCUT2D eigenvalue weighted by Crippen LogP contribution is -2.17. The van der Waals surface area contributed by atoms with Gasteiger partial charge in [0.2, 0.25) is 0 Å². The molecule has 0 amide bonds. The summed E-state index contributed by atoms with van der Waals surface area (Å²) in [6.07, 6.45) is 5.18. The molecule has 1 fully saturated rings. The molecule has 25 heavy (non-hydrogen) atoms. The molecule has 0 bridgehead atoms. The first-order valence-electron chi connectivity index (χ1n) is 8.89. The highest BCUT2D eigenvalue weighted by Crippen LogP contribution is 2.53. The number of benzene rings is 2. The highest BCUT2D eigenvalue weighted by molar-refractivity contribution is 7.48. The second-order valence-electron chi connectivity index (χ2n) is 6.33. The maximum absolute atomic E-state index is 13.2. The summed E-state index contributed by atoms with van der Waals surface area (Å²) in [4.78, 5) is 0. The Kier molecular flexibility index (Phi) is 6.83. The van der Waals surface area contributed by atoms with Crippen LogP contribution in [0.3, 0.4) is 0 Å². The van der Waals surface area contributed by atoms with Crippen LogP contribution < -0.4 is 0 Å². The molecule has 134 valence electrons. The normalized spacial score (nSPS) is 16.0. The predicted octanol–water partition coefficient (Wildman–Crippen LogP) is 5.88. The van der Waals surface area contributed by atoms with Crippen molar-refractivity contribution in [3.05, 3.63) is 71.8 Å². The van der Waals surface area contributed by atoms with Gasteiger partial charge in [-0.05, 0) is 24.0 Å². The average molecular weight is 360 g/mol. The van der Waals surface area contributed by atoms with Crippen molar-refractivity contribution in [2.45, 2.75) is 51.4 Å². The first-order valence-corrected chi connectivity index (χ1v) is 10.3. The number of hydrogen-bond donors (Lipinski definition) is 0. The highest BCUT2D eigenvalue weighted by Gasteiger charge is 2.32. The summed E-state index contributed by atoms with van der Waals surface area (Å²) in [6, 6.07) is 19.3. The van der Waals surface area contributed by atoms with Crippen LogP contribution in [0.1, 0.15) is 43.2 Å². The lowest BCUT2D eigenvalue weighted by atomic mass is 9.98. The molecule has 5 heteroatoms. The summed E-state index contributed by atoms with van der Waals surface area (Å²) < 4.78 is 30.3. The molecule has 2 aromatic rings. The maximum Gasteiger partial charge on any atom is 0.475 e. The van der Waals surface area contributed by atoms with Crippen LogP contribution in [-0.2, 0) is 31.4 Å². The summed E-state index contributed by atoms with van der Waals surface area (Å²) in [5.74, 6) is 0. The molecule has 0 spiro atoms. The molecule has 0 heterocycles. The Morgan fingerprint density at radius 1 is 0.760 bits per heavy atom. The van der Waals surface area contributed by atoms with Crippen LogP contribution in [0.4, 0.5) is 0 Å². The van der Waals surface area contributed by atoms with Gasteiger partial charge in [0.1, 0.15) is 0 Å². The van der Waals surface area contributed by atoms with Gasteiger partial charge in [0.25, 0.3) is 0 Å². The fourth-order valence-corrected chi connectivity index (χ4v) is 4.29. The molecular weight excluding hydrogens is 335 g/mol. The molecule has 2 aromatic carbocycles. The van der Waals surface area contributed by atoms with E-state index >= 15 is 0 Å². The Labute approximate surface area is 149 Å². The largest absolute Gasteiger partial charge is 0.475 e. The van der Waals surface area contributed by atoms with Crippen LogP contribution in [0.15, 0.2) is 60.7 Å². The number of hydrogen-bond acceptors (Lipinski definition) is 4. The Bertz CT molecular complexity index is 621. The minimum atomic E-state index is -3.62. The fraction of sp³-hybridized carbons (Fsp3) is 0.400. The summed E-state index contributed by atoms with van der Waals surface area (Å²) in [5.41, 5.74) is 1.89. The molecule has 1 aliphatic rings.